The summed E-state index contributed by atoms with van der Waals surface area (Å²) < 4.78 is 5.43. The Bertz CT molecular complexity index is 805. The summed E-state index contributed by atoms with van der Waals surface area (Å²) in [6, 6.07) is 14.0. The van der Waals surface area contributed by atoms with E-state index in [1.165, 1.54) is 0 Å². The molecule has 27 heavy (non-hydrogen) atoms. The molecule has 7 heteroatoms. The average Bonchev–Trinajstić information content (AvgIpc) is 2.69. The molecule has 0 aliphatic carbocycles. The molecule has 0 atom stereocenters. The van der Waals surface area contributed by atoms with E-state index in [9.17, 15) is 9.59 Å². The van der Waals surface area contributed by atoms with Crippen molar-refractivity contribution in [2.75, 3.05) is 45.2 Å². The van der Waals surface area contributed by atoms with Crippen LogP contribution in [0.1, 0.15) is 10.4 Å². The molecule has 2 aromatic rings. The maximum Gasteiger partial charge on any atom is 0.262 e. The highest BCUT2D eigenvalue weighted by molar-refractivity contribution is 6.33. The summed E-state index contributed by atoms with van der Waals surface area (Å²) >= 11 is 6.18. The third kappa shape index (κ3) is 5.21. The normalized spacial score (nSPS) is 14.7. The van der Waals surface area contributed by atoms with Gasteiger partial charge in [-0.05, 0) is 37.4 Å². The Hall–Kier alpha value is -2.57. The summed E-state index contributed by atoms with van der Waals surface area (Å²) in [5.41, 5.74) is 0.904. The molecule has 0 saturated carbocycles. The lowest BCUT2D eigenvalue weighted by Crippen LogP contribution is -2.47. The van der Waals surface area contributed by atoms with E-state index in [1.54, 1.807) is 30.3 Å². The van der Waals surface area contributed by atoms with Gasteiger partial charge in [0.25, 0.3) is 11.8 Å². The Morgan fingerprint density at radius 3 is 2.48 bits per heavy atom. The van der Waals surface area contributed by atoms with Crippen LogP contribution in [-0.2, 0) is 4.79 Å². The lowest BCUT2D eigenvalue weighted by molar-refractivity contribution is -0.118. The number of likely N-dealkylation sites (N-methyl/N-ethyl adjacent to an activating group) is 1. The first kappa shape index (κ1) is 19.2. The number of ether oxygens (including phenoxy) is 1. The first-order valence-corrected chi connectivity index (χ1v) is 9.16. The molecule has 0 radical (unpaired) electrons. The van der Waals surface area contributed by atoms with Crippen LogP contribution in [0.4, 0.5) is 5.69 Å². The molecule has 0 unspecified atom stereocenters. The van der Waals surface area contributed by atoms with E-state index >= 15 is 0 Å². The van der Waals surface area contributed by atoms with Crippen molar-refractivity contribution < 1.29 is 14.3 Å². The van der Waals surface area contributed by atoms with Crippen LogP contribution in [0.25, 0.3) is 0 Å². The molecule has 0 spiro atoms. The summed E-state index contributed by atoms with van der Waals surface area (Å²) in [5, 5.41) is 3.08. The van der Waals surface area contributed by atoms with Gasteiger partial charge in [0.2, 0.25) is 0 Å². The SMILES string of the molecule is CN1CCN(C(=O)c2ccc(Cl)c(NC(=O)COc3ccccc3)c2)CC1. The van der Waals surface area contributed by atoms with E-state index in [1.807, 2.05) is 30.1 Å². The second kappa shape index (κ2) is 8.88. The van der Waals surface area contributed by atoms with E-state index < -0.39 is 0 Å². The van der Waals surface area contributed by atoms with Crippen molar-refractivity contribution in [3.05, 3.63) is 59.1 Å². The molecule has 6 nitrogen and oxygen atoms in total. The predicted molar refractivity (Wildman–Crippen MR) is 105 cm³/mol. The average molecular weight is 388 g/mol. The molecule has 1 aliphatic rings. The van der Waals surface area contributed by atoms with Gasteiger partial charge in [-0.1, -0.05) is 29.8 Å². The van der Waals surface area contributed by atoms with Gasteiger partial charge in [-0.3, -0.25) is 9.59 Å². The molecule has 3 rings (SSSR count). The third-order valence-electron chi connectivity index (χ3n) is 4.39. The van der Waals surface area contributed by atoms with Crippen LogP contribution in [0, 0.1) is 0 Å². The quantitative estimate of drug-likeness (QED) is 0.856. The largest absolute Gasteiger partial charge is 0.484 e. The van der Waals surface area contributed by atoms with E-state index in [-0.39, 0.29) is 18.4 Å². The van der Waals surface area contributed by atoms with Crippen LogP contribution in [0.2, 0.25) is 5.02 Å². The maximum atomic E-state index is 12.7. The van der Waals surface area contributed by atoms with Crippen molar-refractivity contribution in [3.63, 3.8) is 0 Å². The van der Waals surface area contributed by atoms with Gasteiger partial charge in [0, 0.05) is 31.7 Å². The molecule has 0 aromatic heterocycles. The van der Waals surface area contributed by atoms with Crippen molar-refractivity contribution in [1.82, 2.24) is 9.80 Å². The number of anilines is 1. The third-order valence-corrected chi connectivity index (χ3v) is 4.72. The topological polar surface area (TPSA) is 61.9 Å². The number of para-hydroxylation sites is 1. The van der Waals surface area contributed by atoms with Gasteiger partial charge in [0.05, 0.1) is 10.7 Å². The van der Waals surface area contributed by atoms with Crippen LogP contribution in [-0.4, -0.2) is 61.4 Å². The number of nitrogens with zero attached hydrogens (tertiary/aromatic N) is 2. The first-order chi connectivity index (χ1) is 13.0. The highest BCUT2D eigenvalue weighted by Crippen LogP contribution is 2.24. The summed E-state index contributed by atoms with van der Waals surface area (Å²) in [7, 11) is 2.04. The number of halogens is 1. The number of amides is 2. The number of rotatable bonds is 5. The van der Waals surface area contributed by atoms with Crippen molar-refractivity contribution in [3.8, 4) is 5.75 Å². The minimum absolute atomic E-state index is 0.0594. The number of nitrogens with one attached hydrogen (secondary N) is 1. The highest BCUT2D eigenvalue weighted by Gasteiger charge is 2.21. The molecule has 142 valence electrons. The zero-order valence-corrected chi connectivity index (χ0v) is 15.9. The van der Waals surface area contributed by atoms with Crippen molar-refractivity contribution in [1.29, 1.82) is 0 Å². The van der Waals surface area contributed by atoms with Crippen molar-refractivity contribution >= 4 is 29.1 Å². The molecule has 0 bridgehead atoms. The van der Waals surface area contributed by atoms with Gasteiger partial charge in [-0.25, -0.2) is 0 Å². The second-order valence-corrected chi connectivity index (χ2v) is 6.85. The number of piperazine rings is 1. The first-order valence-electron chi connectivity index (χ1n) is 8.78. The standard InChI is InChI=1S/C20H22ClN3O3/c1-23-9-11-24(12-10-23)20(26)15-7-8-17(21)18(13-15)22-19(25)14-27-16-5-3-2-4-6-16/h2-8,13H,9-12,14H2,1H3,(H,22,25). The minimum atomic E-state index is -0.343. The zero-order valence-electron chi connectivity index (χ0n) is 15.2. The van der Waals surface area contributed by atoms with Crippen LogP contribution >= 0.6 is 11.6 Å². The predicted octanol–water partition coefficient (Wildman–Crippen LogP) is 2.75. The Kier molecular flexibility index (Phi) is 6.32. The molecule has 1 heterocycles. The number of benzene rings is 2. The monoisotopic (exact) mass is 387 g/mol. The molecular weight excluding hydrogens is 366 g/mol. The Balaban J connectivity index is 1.62. The molecule has 1 fully saturated rings. The van der Waals surface area contributed by atoms with Crippen LogP contribution in [0.5, 0.6) is 5.75 Å². The highest BCUT2D eigenvalue weighted by atomic mass is 35.5. The molecule has 1 saturated heterocycles. The number of hydrogen-bond acceptors (Lipinski definition) is 4. The van der Waals surface area contributed by atoms with Gasteiger partial charge in [-0.15, -0.1) is 0 Å². The number of carbonyl (C=O) groups excluding carboxylic acids is 2. The van der Waals surface area contributed by atoms with Crippen LogP contribution in [0.15, 0.2) is 48.5 Å². The fourth-order valence-electron chi connectivity index (χ4n) is 2.80. The summed E-state index contributed by atoms with van der Waals surface area (Å²) in [6.07, 6.45) is 0. The van der Waals surface area contributed by atoms with Gasteiger partial charge < -0.3 is 19.9 Å². The summed E-state index contributed by atoms with van der Waals surface area (Å²) in [5.74, 6) is 0.207. The summed E-state index contributed by atoms with van der Waals surface area (Å²) in [4.78, 5) is 28.9. The fourth-order valence-corrected chi connectivity index (χ4v) is 2.96. The van der Waals surface area contributed by atoms with Gasteiger partial charge in [0.15, 0.2) is 6.61 Å². The van der Waals surface area contributed by atoms with E-state index in [2.05, 4.69) is 10.2 Å². The second-order valence-electron chi connectivity index (χ2n) is 6.44. The Morgan fingerprint density at radius 2 is 1.78 bits per heavy atom. The number of carbonyl (C=O) groups is 2. The zero-order chi connectivity index (χ0) is 19.2. The minimum Gasteiger partial charge on any atom is -0.484 e. The molecule has 2 amide bonds. The molecular formula is C20H22ClN3O3. The molecule has 1 aliphatic heterocycles. The van der Waals surface area contributed by atoms with Crippen molar-refractivity contribution in [2.24, 2.45) is 0 Å². The summed E-state index contributed by atoms with van der Waals surface area (Å²) in [6.45, 7) is 2.92. The number of hydrogen-bond donors (Lipinski definition) is 1. The smallest absolute Gasteiger partial charge is 0.262 e. The Morgan fingerprint density at radius 1 is 1.07 bits per heavy atom. The van der Waals surface area contributed by atoms with E-state index in [4.69, 9.17) is 16.3 Å². The van der Waals surface area contributed by atoms with Gasteiger partial charge in [-0.2, -0.15) is 0 Å². The van der Waals surface area contributed by atoms with E-state index in [0.717, 1.165) is 13.1 Å². The van der Waals surface area contributed by atoms with Crippen LogP contribution < -0.4 is 10.1 Å². The molecule has 1 N–H and O–H groups in total. The van der Waals surface area contributed by atoms with Gasteiger partial charge >= 0.3 is 0 Å². The maximum absolute atomic E-state index is 12.7. The lowest BCUT2D eigenvalue weighted by atomic mass is 10.1. The van der Waals surface area contributed by atoms with E-state index in [0.29, 0.717) is 35.1 Å². The van der Waals surface area contributed by atoms with Crippen molar-refractivity contribution in [2.45, 2.75) is 0 Å². The lowest BCUT2D eigenvalue weighted by Gasteiger charge is -2.32. The Labute approximate surface area is 163 Å². The molecule has 2 aromatic carbocycles. The van der Waals surface area contributed by atoms with Crippen LogP contribution in [0.3, 0.4) is 0 Å². The fraction of sp³-hybridized carbons (Fsp3) is 0.300. The van der Waals surface area contributed by atoms with Gasteiger partial charge in [0.1, 0.15) is 5.75 Å².